The lowest BCUT2D eigenvalue weighted by molar-refractivity contribution is -0.191. The monoisotopic (exact) mass is 924 g/mol. The van der Waals surface area contributed by atoms with E-state index in [1.165, 1.54) is 57.8 Å². The number of rotatable bonds is 34. The molecule has 5 rings (SSSR count). The molecule has 378 valence electrons. The van der Waals surface area contributed by atoms with Crippen LogP contribution < -0.4 is 22.5 Å². The number of nitrogens with zero attached hydrogens (tertiary/aromatic N) is 3. The fourth-order valence-corrected chi connectivity index (χ4v) is 13.1. The Kier molecular flexibility index (Phi) is 24.0. The lowest BCUT2D eigenvalue weighted by atomic mass is 9.48. The Labute approximate surface area is 401 Å². The highest BCUT2D eigenvalue weighted by molar-refractivity contribution is 5.86. The molecule has 0 bridgehead atoms. The highest BCUT2D eigenvalue weighted by Gasteiger charge is 2.63. The molecule has 66 heavy (non-hydrogen) atoms. The number of carbonyl (C=O) groups excluding carboxylic acids is 1. The van der Waals surface area contributed by atoms with Gasteiger partial charge < -0.3 is 41.6 Å². The van der Waals surface area contributed by atoms with E-state index < -0.39 is 0 Å². The summed E-state index contributed by atoms with van der Waals surface area (Å²) < 4.78 is 25.4. The van der Waals surface area contributed by atoms with E-state index >= 15 is 0 Å². The van der Waals surface area contributed by atoms with E-state index in [4.69, 9.17) is 36.0 Å². The molecule has 12 heteroatoms. The topological polar surface area (TPSA) is 177 Å². The smallest absolute Gasteiger partial charge is 0.222 e. The summed E-state index contributed by atoms with van der Waals surface area (Å²) in [6.45, 7) is 19.1. The number of nitrogens with two attached hydrogens (primary N) is 3. The highest BCUT2D eigenvalue weighted by Crippen LogP contribution is 2.66. The van der Waals surface area contributed by atoms with Crippen molar-refractivity contribution in [3.8, 4) is 0 Å². The fourth-order valence-electron chi connectivity index (χ4n) is 13.1. The normalized spacial score (nSPS) is 27.5. The van der Waals surface area contributed by atoms with E-state index in [-0.39, 0.29) is 23.0 Å². The van der Waals surface area contributed by atoms with Gasteiger partial charge in [-0.15, -0.1) is 0 Å². The van der Waals surface area contributed by atoms with Crippen molar-refractivity contribution >= 4 is 22.6 Å². The lowest BCUT2D eigenvalue weighted by Crippen LogP contribution is -2.59. The molecule has 12 nitrogen and oxygen atoms in total. The van der Waals surface area contributed by atoms with Gasteiger partial charge in [-0.1, -0.05) is 79.2 Å². The molecule has 1 aromatic heterocycles. The summed E-state index contributed by atoms with van der Waals surface area (Å²) in [7, 11) is 0. The number of ether oxygens (including phenoxy) is 3. The van der Waals surface area contributed by atoms with Gasteiger partial charge in [-0.05, 0) is 180 Å². The number of carbonyl (C=O) groups is 1. The summed E-state index contributed by atoms with van der Waals surface area (Å²) in [6, 6.07) is 5.88. The second-order valence-electron chi connectivity index (χ2n) is 21.3. The minimum Gasteiger partial charge on any atom is -0.383 e. The number of hydrogen-bond acceptors (Lipinski definition) is 11. The van der Waals surface area contributed by atoms with Gasteiger partial charge in [-0.2, -0.15) is 0 Å². The third-order valence-corrected chi connectivity index (χ3v) is 16.9. The molecular formula is C54H97N7O5. The number of benzene rings is 1. The fraction of sp³-hybridized carbons (Fsp3) is 0.870. The Bertz CT molecular complexity index is 1620. The molecule has 1 heterocycles. The largest absolute Gasteiger partial charge is 0.383 e. The average molecular weight is 924 g/mol. The van der Waals surface area contributed by atoms with E-state index in [2.05, 4.69) is 55.1 Å². The Morgan fingerprint density at radius 2 is 1.52 bits per heavy atom. The van der Waals surface area contributed by atoms with Crippen LogP contribution in [0.2, 0.25) is 0 Å². The van der Waals surface area contributed by atoms with E-state index in [9.17, 15) is 4.79 Å². The van der Waals surface area contributed by atoms with Gasteiger partial charge >= 0.3 is 0 Å². The maximum Gasteiger partial charge on any atom is 0.222 e. The molecule has 3 aliphatic rings. The predicted molar refractivity (Wildman–Crippen MR) is 270 cm³/mol. The Morgan fingerprint density at radius 1 is 0.818 bits per heavy atom. The van der Waals surface area contributed by atoms with Gasteiger partial charge in [0, 0.05) is 51.3 Å². The van der Waals surface area contributed by atoms with E-state index in [1.807, 2.05) is 18.2 Å². The van der Waals surface area contributed by atoms with Gasteiger partial charge in [0.05, 0.1) is 24.0 Å². The van der Waals surface area contributed by atoms with Crippen molar-refractivity contribution in [1.29, 1.82) is 0 Å². The van der Waals surface area contributed by atoms with Crippen molar-refractivity contribution < 1.29 is 23.6 Å². The minimum absolute atomic E-state index is 0.0417. The van der Waals surface area contributed by atoms with Crippen LogP contribution >= 0.6 is 0 Å². The van der Waals surface area contributed by atoms with Crippen LogP contribution in [0, 0.1) is 40.4 Å². The Balaban J connectivity index is 1.24. The minimum atomic E-state index is 0.0417. The third kappa shape index (κ3) is 15.1. The number of unbranched alkanes of at least 4 members (excludes halogenated alkanes) is 7. The summed E-state index contributed by atoms with van der Waals surface area (Å²) in [5, 5.41) is 11.5. The molecule has 3 saturated carbocycles. The molecule has 1 aromatic carbocycles. The van der Waals surface area contributed by atoms with Gasteiger partial charge in [0.15, 0.2) is 5.52 Å². The summed E-state index contributed by atoms with van der Waals surface area (Å²) in [5.41, 5.74) is 20.6. The maximum atomic E-state index is 13.9. The van der Waals surface area contributed by atoms with Crippen LogP contribution in [-0.4, -0.2) is 98.5 Å². The molecule has 0 spiro atoms. The SMILES string of the molecule is CCCCCCCCN(CCC[C@@H](C)[C@H]1CC[C@H]2C([C@@H](CC)OCCCN)[C@@H](C3(C)CCC(OCCCN)CC3)C[C@H](OCCCN)[C@]12C)C(=O)CCCCCNc1cccc2nonc12. The van der Waals surface area contributed by atoms with Gasteiger partial charge in [-0.25, -0.2) is 4.63 Å². The molecule has 3 aliphatic carbocycles. The average Bonchev–Trinajstić information content (AvgIpc) is 3.96. The first kappa shape index (κ1) is 54.6. The molecular weight excluding hydrogens is 827 g/mol. The second-order valence-corrected chi connectivity index (χ2v) is 21.3. The number of nitrogens with one attached hydrogen (secondary N) is 1. The molecule has 3 fully saturated rings. The van der Waals surface area contributed by atoms with E-state index in [0.29, 0.717) is 67.7 Å². The van der Waals surface area contributed by atoms with Crippen LogP contribution in [0.1, 0.15) is 182 Å². The van der Waals surface area contributed by atoms with Crippen molar-refractivity contribution in [2.24, 2.45) is 57.6 Å². The number of hydrogen-bond donors (Lipinski definition) is 4. The number of aromatic nitrogens is 2. The third-order valence-electron chi connectivity index (χ3n) is 16.9. The first-order valence-electron chi connectivity index (χ1n) is 27.3. The number of fused-ring (bicyclic) bond motifs is 2. The van der Waals surface area contributed by atoms with Crippen molar-refractivity contribution in [1.82, 2.24) is 15.2 Å². The first-order valence-corrected chi connectivity index (χ1v) is 27.3. The van der Waals surface area contributed by atoms with Crippen molar-refractivity contribution in [3.05, 3.63) is 18.2 Å². The lowest BCUT2D eigenvalue weighted by Gasteiger charge is -2.60. The zero-order valence-corrected chi connectivity index (χ0v) is 42.6. The molecule has 0 radical (unpaired) electrons. The molecule has 7 N–H and O–H groups in total. The maximum absolute atomic E-state index is 13.9. The zero-order valence-electron chi connectivity index (χ0n) is 42.6. The van der Waals surface area contributed by atoms with Crippen molar-refractivity contribution in [2.75, 3.05) is 64.4 Å². The molecule has 8 atom stereocenters. The predicted octanol–water partition coefficient (Wildman–Crippen LogP) is 10.7. The van der Waals surface area contributed by atoms with Gasteiger partial charge in [0.2, 0.25) is 5.91 Å². The van der Waals surface area contributed by atoms with E-state index in [0.717, 1.165) is 140 Å². The molecule has 1 unspecified atom stereocenters. The van der Waals surface area contributed by atoms with Crippen LogP contribution in [0.15, 0.2) is 22.8 Å². The van der Waals surface area contributed by atoms with Crippen LogP contribution in [-0.2, 0) is 19.0 Å². The van der Waals surface area contributed by atoms with E-state index in [1.54, 1.807) is 0 Å². The summed E-state index contributed by atoms with van der Waals surface area (Å²) in [5.74, 6) is 2.94. The van der Waals surface area contributed by atoms with Crippen LogP contribution in [0.3, 0.4) is 0 Å². The van der Waals surface area contributed by atoms with Crippen LogP contribution in [0.25, 0.3) is 11.0 Å². The van der Waals surface area contributed by atoms with Crippen LogP contribution in [0.5, 0.6) is 0 Å². The number of anilines is 1. The summed E-state index contributed by atoms with van der Waals surface area (Å²) in [4.78, 5) is 16.2. The van der Waals surface area contributed by atoms with Gasteiger partial charge in [0.1, 0.15) is 5.52 Å². The Hall–Kier alpha value is -2.35. The summed E-state index contributed by atoms with van der Waals surface area (Å²) in [6.07, 6.45) is 25.7. The Morgan fingerprint density at radius 3 is 2.26 bits per heavy atom. The standard InChI is InChI=1S/C54H97N7O5/c1-6-8-9-10-11-15-35-61(50(62)24-13-12-14-34-58-46-22-16-23-47-52(46)60-66-59-47)36-17-21-41(3)43-25-26-44-51(48(7-2)64-38-19-32-56)45(40-49(54(43,44)5)65-39-20-33-57)53(4)29-27-42(28-30-53)63-37-18-31-55/h16,22-23,41-45,48-49,51,58H,6-15,17-21,24-40,55-57H2,1-5H3/t41-,42?,43-,44+,45+,48-,49+,51?,53?,54-/m1/s1. The molecule has 0 saturated heterocycles. The first-order chi connectivity index (χ1) is 32.1. The van der Waals surface area contributed by atoms with Gasteiger partial charge in [-0.3, -0.25) is 4.79 Å². The van der Waals surface area contributed by atoms with Gasteiger partial charge in [0.25, 0.3) is 0 Å². The zero-order chi connectivity index (χ0) is 47.2. The molecule has 2 aromatic rings. The van der Waals surface area contributed by atoms with Crippen molar-refractivity contribution in [3.63, 3.8) is 0 Å². The second kappa shape index (κ2) is 29.0. The molecule has 1 amide bonds. The molecule has 0 aliphatic heterocycles. The van der Waals surface area contributed by atoms with Crippen LogP contribution in [0.4, 0.5) is 5.69 Å². The highest BCUT2D eigenvalue weighted by atomic mass is 16.6. The van der Waals surface area contributed by atoms with Crippen molar-refractivity contribution in [2.45, 2.75) is 201 Å². The quantitative estimate of drug-likeness (QED) is 0.0491. The summed E-state index contributed by atoms with van der Waals surface area (Å²) >= 11 is 0. The number of amides is 1.